The van der Waals surface area contributed by atoms with Crippen LogP contribution in [0.3, 0.4) is 0 Å². The standard InChI is InChI=1S/C13H17NO2S/c1-16-11-5-4-10(8-11)14-13(15)9-2-6-12(17)7-3-9/h2-3,6-7,10-11,17H,4-5,8H2,1H3,(H,14,15). The molecule has 0 aliphatic heterocycles. The SMILES string of the molecule is COC1CCC(NC(=O)c2ccc(S)cc2)C1. The summed E-state index contributed by atoms with van der Waals surface area (Å²) in [7, 11) is 1.72. The van der Waals surface area contributed by atoms with E-state index >= 15 is 0 Å². The van der Waals surface area contributed by atoms with E-state index in [0.29, 0.717) is 11.7 Å². The summed E-state index contributed by atoms with van der Waals surface area (Å²) < 4.78 is 5.28. The molecule has 3 nitrogen and oxygen atoms in total. The molecule has 17 heavy (non-hydrogen) atoms. The Morgan fingerprint density at radius 3 is 2.65 bits per heavy atom. The van der Waals surface area contributed by atoms with Gasteiger partial charge in [-0.2, -0.15) is 0 Å². The summed E-state index contributed by atoms with van der Waals surface area (Å²) in [5.41, 5.74) is 0.684. The van der Waals surface area contributed by atoms with Crippen molar-refractivity contribution in [1.82, 2.24) is 5.32 Å². The zero-order valence-electron chi connectivity index (χ0n) is 9.85. The minimum Gasteiger partial charge on any atom is -0.381 e. The van der Waals surface area contributed by atoms with E-state index in [9.17, 15) is 4.79 Å². The van der Waals surface area contributed by atoms with Gasteiger partial charge >= 0.3 is 0 Å². The molecule has 1 aromatic rings. The second-order valence-electron chi connectivity index (χ2n) is 4.39. The zero-order valence-corrected chi connectivity index (χ0v) is 10.7. The Morgan fingerprint density at radius 2 is 2.06 bits per heavy atom. The third kappa shape index (κ3) is 3.23. The van der Waals surface area contributed by atoms with Gasteiger partial charge in [0.1, 0.15) is 0 Å². The van der Waals surface area contributed by atoms with Crippen LogP contribution in [0.5, 0.6) is 0 Å². The number of amides is 1. The second kappa shape index (κ2) is 5.56. The van der Waals surface area contributed by atoms with E-state index in [0.717, 1.165) is 24.2 Å². The number of benzene rings is 1. The van der Waals surface area contributed by atoms with Crippen LogP contribution >= 0.6 is 12.6 Å². The fourth-order valence-electron chi connectivity index (χ4n) is 2.17. The maximum Gasteiger partial charge on any atom is 0.251 e. The van der Waals surface area contributed by atoms with E-state index in [1.165, 1.54) is 0 Å². The van der Waals surface area contributed by atoms with Crippen molar-refractivity contribution in [3.8, 4) is 0 Å². The molecular formula is C13H17NO2S. The van der Waals surface area contributed by atoms with Gasteiger partial charge in [0.25, 0.3) is 5.91 Å². The van der Waals surface area contributed by atoms with Crippen molar-refractivity contribution in [2.24, 2.45) is 0 Å². The van der Waals surface area contributed by atoms with Crippen LogP contribution in [-0.2, 0) is 4.74 Å². The second-order valence-corrected chi connectivity index (χ2v) is 4.90. The molecule has 1 amide bonds. The summed E-state index contributed by atoms with van der Waals surface area (Å²) >= 11 is 4.19. The van der Waals surface area contributed by atoms with Gasteiger partial charge in [-0.25, -0.2) is 0 Å². The number of hydrogen-bond donors (Lipinski definition) is 2. The molecule has 1 fully saturated rings. The van der Waals surface area contributed by atoms with Gasteiger partial charge in [-0.05, 0) is 43.5 Å². The molecule has 0 spiro atoms. The van der Waals surface area contributed by atoms with Crippen LogP contribution in [0.1, 0.15) is 29.6 Å². The third-order valence-electron chi connectivity index (χ3n) is 3.18. The van der Waals surface area contributed by atoms with Crippen molar-refractivity contribution in [3.63, 3.8) is 0 Å². The largest absolute Gasteiger partial charge is 0.381 e. The van der Waals surface area contributed by atoms with Gasteiger partial charge in [0.2, 0.25) is 0 Å². The Labute approximate surface area is 107 Å². The van der Waals surface area contributed by atoms with Crippen LogP contribution in [0.15, 0.2) is 29.2 Å². The topological polar surface area (TPSA) is 38.3 Å². The van der Waals surface area contributed by atoms with Crippen molar-refractivity contribution < 1.29 is 9.53 Å². The molecule has 2 rings (SSSR count). The van der Waals surface area contributed by atoms with Gasteiger partial charge in [-0.1, -0.05) is 0 Å². The number of nitrogens with one attached hydrogen (secondary N) is 1. The molecule has 1 saturated carbocycles. The molecule has 1 aliphatic rings. The lowest BCUT2D eigenvalue weighted by molar-refractivity contribution is 0.0915. The highest BCUT2D eigenvalue weighted by Crippen LogP contribution is 2.21. The van der Waals surface area contributed by atoms with Crippen molar-refractivity contribution in [1.29, 1.82) is 0 Å². The van der Waals surface area contributed by atoms with Gasteiger partial charge < -0.3 is 10.1 Å². The van der Waals surface area contributed by atoms with Crippen molar-refractivity contribution in [3.05, 3.63) is 29.8 Å². The number of rotatable bonds is 3. The fourth-order valence-corrected chi connectivity index (χ4v) is 2.32. The molecule has 1 aliphatic carbocycles. The molecule has 1 aromatic carbocycles. The molecule has 0 aromatic heterocycles. The van der Waals surface area contributed by atoms with Gasteiger partial charge in [-0.15, -0.1) is 12.6 Å². The Balaban J connectivity index is 1.91. The summed E-state index contributed by atoms with van der Waals surface area (Å²) in [6, 6.07) is 7.47. The number of carbonyl (C=O) groups excluding carboxylic acids is 1. The number of ether oxygens (including phenoxy) is 1. The summed E-state index contributed by atoms with van der Waals surface area (Å²) in [4.78, 5) is 12.8. The Bertz CT molecular complexity index is 391. The first-order valence-electron chi connectivity index (χ1n) is 5.81. The highest BCUT2D eigenvalue weighted by atomic mass is 32.1. The molecule has 2 atom stereocenters. The van der Waals surface area contributed by atoms with Crippen LogP contribution in [0, 0.1) is 0 Å². The molecular weight excluding hydrogens is 234 g/mol. The van der Waals surface area contributed by atoms with E-state index in [2.05, 4.69) is 17.9 Å². The number of carbonyl (C=O) groups is 1. The van der Waals surface area contributed by atoms with Crippen LogP contribution in [0.2, 0.25) is 0 Å². The molecule has 0 radical (unpaired) electrons. The first-order chi connectivity index (χ1) is 8.19. The van der Waals surface area contributed by atoms with Gasteiger partial charge in [0.15, 0.2) is 0 Å². The molecule has 1 N–H and O–H groups in total. The lowest BCUT2D eigenvalue weighted by Crippen LogP contribution is -2.33. The Hall–Kier alpha value is -1.00. The number of methoxy groups -OCH3 is 1. The predicted octanol–water partition coefficient (Wildman–Crippen LogP) is 2.27. The first kappa shape index (κ1) is 12.5. The van der Waals surface area contributed by atoms with Crippen LogP contribution in [0.4, 0.5) is 0 Å². The predicted molar refractivity (Wildman–Crippen MR) is 69.6 cm³/mol. The lowest BCUT2D eigenvalue weighted by atomic mass is 10.2. The van der Waals surface area contributed by atoms with Crippen molar-refractivity contribution in [2.75, 3.05) is 7.11 Å². The minimum absolute atomic E-state index is 0.0138. The minimum atomic E-state index is -0.0138. The van der Waals surface area contributed by atoms with E-state index < -0.39 is 0 Å². The molecule has 4 heteroatoms. The third-order valence-corrected chi connectivity index (χ3v) is 3.48. The van der Waals surface area contributed by atoms with Gasteiger partial charge in [-0.3, -0.25) is 4.79 Å². The molecule has 0 heterocycles. The number of hydrogen-bond acceptors (Lipinski definition) is 3. The average molecular weight is 251 g/mol. The maximum atomic E-state index is 11.9. The van der Waals surface area contributed by atoms with E-state index in [-0.39, 0.29) is 11.9 Å². The van der Waals surface area contributed by atoms with E-state index in [1.807, 2.05) is 12.1 Å². The van der Waals surface area contributed by atoms with Crippen LogP contribution in [-0.4, -0.2) is 25.2 Å². The summed E-state index contributed by atoms with van der Waals surface area (Å²) in [5.74, 6) is -0.0138. The molecule has 2 unspecified atom stereocenters. The van der Waals surface area contributed by atoms with Gasteiger partial charge in [0.05, 0.1) is 6.10 Å². The lowest BCUT2D eigenvalue weighted by Gasteiger charge is -2.13. The monoisotopic (exact) mass is 251 g/mol. The first-order valence-corrected chi connectivity index (χ1v) is 6.26. The molecule has 0 saturated heterocycles. The summed E-state index contributed by atoms with van der Waals surface area (Å²) in [5, 5.41) is 3.04. The van der Waals surface area contributed by atoms with E-state index in [1.54, 1.807) is 19.2 Å². The highest BCUT2D eigenvalue weighted by molar-refractivity contribution is 7.80. The summed E-state index contributed by atoms with van der Waals surface area (Å²) in [6.07, 6.45) is 3.22. The van der Waals surface area contributed by atoms with Gasteiger partial charge in [0, 0.05) is 23.6 Å². The van der Waals surface area contributed by atoms with Crippen LogP contribution in [0.25, 0.3) is 0 Å². The average Bonchev–Trinajstić information content (AvgIpc) is 2.77. The quantitative estimate of drug-likeness (QED) is 0.809. The smallest absolute Gasteiger partial charge is 0.251 e. The Morgan fingerprint density at radius 1 is 1.35 bits per heavy atom. The summed E-state index contributed by atoms with van der Waals surface area (Å²) in [6.45, 7) is 0. The Kier molecular flexibility index (Phi) is 4.07. The maximum absolute atomic E-state index is 11.9. The molecule has 0 bridgehead atoms. The zero-order chi connectivity index (χ0) is 12.3. The van der Waals surface area contributed by atoms with Crippen molar-refractivity contribution >= 4 is 18.5 Å². The fraction of sp³-hybridized carbons (Fsp3) is 0.462. The van der Waals surface area contributed by atoms with Crippen molar-refractivity contribution in [2.45, 2.75) is 36.3 Å². The van der Waals surface area contributed by atoms with E-state index in [4.69, 9.17) is 4.74 Å². The number of thiol groups is 1. The highest BCUT2D eigenvalue weighted by Gasteiger charge is 2.25. The normalized spacial score (nSPS) is 23.6. The molecule has 92 valence electrons. The van der Waals surface area contributed by atoms with Crippen LogP contribution < -0.4 is 5.32 Å².